The fraction of sp³-hybridized carbons (Fsp3) is 0.273. The molecular weight excluding hydrogens is 393 g/mol. The molecule has 0 aliphatic carbocycles. The van der Waals surface area contributed by atoms with E-state index in [1.165, 1.54) is 12.1 Å². The Morgan fingerprint density at radius 3 is 2.79 bits per heavy atom. The number of benzene rings is 3. The van der Waals surface area contributed by atoms with Crippen LogP contribution in [0.4, 0.5) is 8.78 Å². The number of ether oxygens (including phenoxy) is 1. The normalized spacial score (nSPS) is 18.4. The number of aryl methyl sites for hydroxylation is 1. The molecule has 0 amide bonds. The second-order valence-corrected chi connectivity index (χ2v) is 7.88. The summed E-state index contributed by atoms with van der Waals surface area (Å²) in [6.07, 6.45) is 1.27. The number of hydroxylamine groups is 1. The first-order chi connectivity index (χ1) is 14.0. The lowest BCUT2D eigenvalue weighted by Crippen LogP contribution is -2.44. The number of halogens is 2. The molecule has 3 atom stereocenters. The molecule has 3 N–H and O–H groups in total. The number of hydrogen-bond acceptors (Lipinski definition) is 4. The molecule has 152 valence electrons. The second-order valence-electron chi connectivity index (χ2n) is 7.26. The highest BCUT2D eigenvalue weighted by atomic mass is 31.0. The largest absolute Gasteiger partial charge is 0.488 e. The summed E-state index contributed by atoms with van der Waals surface area (Å²) >= 11 is 0. The molecule has 0 saturated carbocycles. The van der Waals surface area contributed by atoms with Crippen molar-refractivity contribution in [1.82, 2.24) is 5.48 Å². The molecule has 3 aromatic carbocycles. The Bertz CT molecular complexity index is 1060. The van der Waals surface area contributed by atoms with E-state index in [2.05, 4.69) is 14.7 Å². The molecule has 3 unspecified atom stereocenters. The van der Waals surface area contributed by atoms with Gasteiger partial charge in [0.2, 0.25) is 0 Å². The van der Waals surface area contributed by atoms with Crippen LogP contribution in [0.25, 0.3) is 10.8 Å². The van der Waals surface area contributed by atoms with Crippen molar-refractivity contribution in [3.63, 3.8) is 0 Å². The van der Waals surface area contributed by atoms with E-state index >= 15 is 0 Å². The van der Waals surface area contributed by atoms with Gasteiger partial charge in [0.05, 0.1) is 0 Å². The summed E-state index contributed by atoms with van der Waals surface area (Å²) in [6.45, 7) is 0. The quantitative estimate of drug-likeness (QED) is 0.495. The van der Waals surface area contributed by atoms with E-state index < -0.39 is 11.6 Å². The Morgan fingerprint density at radius 1 is 1.17 bits per heavy atom. The van der Waals surface area contributed by atoms with Crippen molar-refractivity contribution in [2.24, 2.45) is 5.73 Å². The average molecular weight is 416 g/mol. The molecule has 7 heteroatoms. The van der Waals surface area contributed by atoms with Crippen LogP contribution < -0.4 is 26.1 Å². The van der Waals surface area contributed by atoms with Gasteiger partial charge in [-0.2, -0.15) is 5.48 Å². The third kappa shape index (κ3) is 4.06. The summed E-state index contributed by atoms with van der Waals surface area (Å²) in [4.78, 5) is 5.33. The number of rotatable bonds is 5. The van der Waals surface area contributed by atoms with Crippen molar-refractivity contribution < 1.29 is 18.4 Å². The first kappa shape index (κ1) is 20.0. The van der Waals surface area contributed by atoms with Gasteiger partial charge in [-0.25, -0.2) is 8.78 Å². The fourth-order valence-electron chi connectivity index (χ4n) is 3.84. The molecule has 29 heavy (non-hydrogen) atoms. The molecule has 4 rings (SSSR count). The third-order valence-corrected chi connectivity index (χ3v) is 5.78. The lowest BCUT2D eigenvalue weighted by Gasteiger charge is -2.32. The lowest BCUT2D eigenvalue weighted by atomic mass is 9.90. The van der Waals surface area contributed by atoms with Crippen molar-refractivity contribution >= 4 is 25.3 Å². The van der Waals surface area contributed by atoms with Gasteiger partial charge in [-0.1, -0.05) is 12.1 Å². The zero-order valence-corrected chi connectivity index (χ0v) is 17.2. The van der Waals surface area contributed by atoms with Crippen LogP contribution in [0.3, 0.4) is 0 Å². The van der Waals surface area contributed by atoms with Crippen molar-refractivity contribution in [2.45, 2.75) is 31.4 Å². The van der Waals surface area contributed by atoms with E-state index in [1.54, 1.807) is 7.05 Å². The second kappa shape index (κ2) is 8.23. The Hall–Kier alpha value is -2.27. The van der Waals surface area contributed by atoms with Gasteiger partial charge in [0.15, 0.2) is 0 Å². The molecule has 0 saturated heterocycles. The van der Waals surface area contributed by atoms with Crippen LogP contribution in [0.1, 0.15) is 17.5 Å². The van der Waals surface area contributed by atoms with Gasteiger partial charge in [0, 0.05) is 24.0 Å². The first-order valence-electron chi connectivity index (χ1n) is 9.51. The van der Waals surface area contributed by atoms with Crippen molar-refractivity contribution in [3.8, 4) is 11.5 Å². The molecule has 4 nitrogen and oxygen atoms in total. The highest BCUT2D eigenvalue weighted by molar-refractivity contribution is 7.27. The number of hydrogen-bond donors (Lipinski definition) is 2. The molecule has 1 aliphatic heterocycles. The number of nitrogens with two attached hydrogens (primary N) is 1. The summed E-state index contributed by atoms with van der Waals surface area (Å²) in [7, 11) is 3.90. The number of nitrogens with one attached hydrogen (secondary N) is 1. The van der Waals surface area contributed by atoms with E-state index in [0.29, 0.717) is 24.8 Å². The van der Waals surface area contributed by atoms with Crippen LogP contribution in [-0.2, 0) is 12.8 Å². The first-order valence-corrected chi connectivity index (χ1v) is 10.1. The summed E-state index contributed by atoms with van der Waals surface area (Å²) in [5, 5.41) is 2.34. The van der Waals surface area contributed by atoms with Gasteiger partial charge >= 0.3 is 0 Å². The maximum atomic E-state index is 14.1. The lowest BCUT2D eigenvalue weighted by molar-refractivity contribution is 0.143. The van der Waals surface area contributed by atoms with Crippen molar-refractivity contribution in [3.05, 3.63) is 65.2 Å². The van der Waals surface area contributed by atoms with E-state index in [4.69, 9.17) is 15.3 Å². The van der Waals surface area contributed by atoms with E-state index in [0.717, 1.165) is 27.8 Å². The summed E-state index contributed by atoms with van der Waals surface area (Å²) in [5.74, 6) is 0.675. The monoisotopic (exact) mass is 416 g/mol. The Labute approximate surface area is 170 Å². The van der Waals surface area contributed by atoms with Crippen LogP contribution in [0.2, 0.25) is 0 Å². The molecule has 1 aliphatic rings. The van der Waals surface area contributed by atoms with Gasteiger partial charge in [0.1, 0.15) is 29.2 Å². The predicted octanol–water partition coefficient (Wildman–Crippen LogP) is 3.40. The van der Waals surface area contributed by atoms with Crippen molar-refractivity contribution in [1.29, 1.82) is 0 Å². The molecule has 1 heterocycles. The van der Waals surface area contributed by atoms with Gasteiger partial charge in [-0.15, -0.1) is 9.24 Å². The van der Waals surface area contributed by atoms with Crippen molar-refractivity contribution in [2.75, 3.05) is 7.05 Å². The molecule has 0 fully saturated rings. The predicted molar refractivity (Wildman–Crippen MR) is 114 cm³/mol. The van der Waals surface area contributed by atoms with Crippen LogP contribution in [0.15, 0.2) is 42.5 Å². The molecular formula is C22H23F2N2O2P. The SMILES string of the molecule is CNOc1ccc2c3c(ccc2c1)OC(CCc1cc(F)c(P)cc1F)C(N)C3. The minimum absolute atomic E-state index is 0.223. The van der Waals surface area contributed by atoms with Gasteiger partial charge in [0.25, 0.3) is 0 Å². The Kier molecular flexibility index (Phi) is 5.68. The molecule has 0 spiro atoms. The smallest absolute Gasteiger partial charge is 0.147 e. The zero-order valence-electron chi connectivity index (χ0n) is 16.0. The highest BCUT2D eigenvalue weighted by Gasteiger charge is 2.28. The van der Waals surface area contributed by atoms with Crippen LogP contribution in [0, 0.1) is 11.6 Å². The topological polar surface area (TPSA) is 56.5 Å². The Morgan fingerprint density at radius 2 is 2.00 bits per heavy atom. The standard InChI is InChI=1S/C22H23F2N2O2P/c1-26-28-14-4-5-15-12(8-14)2-6-20-16(15)10-19(25)21(27-20)7-3-13-9-18(24)22(29)11-17(13)23/h2,4-6,8-9,11,19,21,26H,3,7,10,25,29H2,1H3. The molecule has 0 radical (unpaired) electrons. The number of fused-ring (bicyclic) bond motifs is 3. The molecule has 0 aromatic heterocycles. The van der Waals surface area contributed by atoms with E-state index in [1.807, 2.05) is 30.3 Å². The fourth-order valence-corrected chi connectivity index (χ4v) is 4.07. The van der Waals surface area contributed by atoms with Crippen LogP contribution >= 0.6 is 9.24 Å². The van der Waals surface area contributed by atoms with Crippen LogP contribution in [-0.4, -0.2) is 19.2 Å². The van der Waals surface area contributed by atoms with Gasteiger partial charge in [-0.05, 0) is 65.9 Å². The minimum atomic E-state index is -0.432. The summed E-state index contributed by atoms with van der Waals surface area (Å²) in [5.41, 5.74) is 10.5. The molecule has 3 aromatic rings. The average Bonchev–Trinajstić information content (AvgIpc) is 2.70. The summed E-state index contributed by atoms with van der Waals surface area (Å²) < 4.78 is 34.0. The highest BCUT2D eigenvalue weighted by Crippen LogP contribution is 2.36. The maximum Gasteiger partial charge on any atom is 0.147 e. The summed E-state index contributed by atoms with van der Waals surface area (Å²) in [6, 6.07) is 12.0. The molecule has 0 bridgehead atoms. The Balaban J connectivity index is 1.54. The maximum absolute atomic E-state index is 14.1. The third-order valence-electron chi connectivity index (χ3n) is 5.34. The van der Waals surface area contributed by atoms with Crippen LogP contribution in [0.5, 0.6) is 11.5 Å². The zero-order chi connectivity index (χ0) is 20.5. The van der Waals surface area contributed by atoms with Gasteiger partial charge in [-0.3, -0.25) is 0 Å². The minimum Gasteiger partial charge on any atom is -0.488 e. The van der Waals surface area contributed by atoms with Gasteiger partial charge < -0.3 is 15.3 Å². The van der Waals surface area contributed by atoms with E-state index in [-0.39, 0.29) is 17.5 Å². The van der Waals surface area contributed by atoms with E-state index in [9.17, 15) is 8.78 Å².